The Balaban J connectivity index is 2.02. The standard InChI is InChI=1S/C15H13ClN2OS/c1-10-9-11(2)18-15(17-10)20-8-7-14(19)12-3-5-13(16)6-4-12/h3-9H,1-2H3. The Labute approximate surface area is 127 Å². The molecule has 0 amide bonds. The fraction of sp³-hybridized carbons (Fsp3) is 0.133. The first-order valence-electron chi connectivity index (χ1n) is 6.00. The SMILES string of the molecule is Cc1cc(C)nc(SC=CC(=O)c2ccc(Cl)cc2)n1. The van der Waals surface area contributed by atoms with Crippen molar-refractivity contribution < 1.29 is 4.79 Å². The molecule has 0 aliphatic carbocycles. The van der Waals surface area contributed by atoms with Crippen molar-refractivity contribution in [1.29, 1.82) is 0 Å². The van der Waals surface area contributed by atoms with Gasteiger partial charge in [-0.1, -0.05) is 23.4 Å². The van der Waals surface area contributed by atoms with E-state index >= 15 is 0 Å². The zero-order valence-electron chi connectivity index (χ0n) is 11.1. The fourth-order valence-corrected chi connectivity index (χ4v) is 2.45. The lowest BCUT2D eigenvalue weighted by molar-refractivity contribution is 0.104. The van der Waals surface area contributed by atoms with Gasteiger partial charge in [-0.05, 0) is 55.7 Å². The number of carbonyl (C=O) groups excluding carboxylic acids is 1. The van der Waals surface area contributed by atoms with Gasteiger partial charge in [-0.15, -0.1) is 0 Å². The summed E-state index contributed by atoms with van der Waals surface area (Å²) in [6, 6.07) is 8.71. The smallest absolute Gasteiger partial charge is 0.192 e. The van der Waals surface area contributed by atoms with Crippen LogP contribution in [-0.4, -0.2) is 15.8 Å². The Morgan fingerprint density at radius 1 is 1.15 bits per heavy atom. The number of aromatic nitrogens is 2. The second-order valence-corrected chi connectivity index (χ2v) is 5.53. The monoisotopic (exact) mass is 304 g/mol. The van der Waals surface area contributed by atoms with Crippen LogP contribution in [0.2, 0.25) is 5.02 Å². The van der Waals surface area contributed by atoms with Gasteiger partial charge in [0.15, 0.2) is 10.9 Å². The number of halogens is 1. The van der Waals surface area contributed by atoms with Crippen molar-refractivity contribution in [3.63, 3.8) is 0 Å². The Hall–Kier alpha value is -1.65. The maximum atomic E-state index is 11.9. The molecule has 2 rings (SSSR count). The summed E-state index contributed by atoms with van der Waals surface area (Å²) >= 11 is 7.11. The topological polar surface area (TPSA) is 42.9 Å². The number of rotatable bonds is 4. The van der Waals surface area contributed by atoms with E-state index in [1.165, 1.54) is 17.8 Å². The van der Waals surface area contributed by atoms with Gasteiger partial charge < -0.3 is 0 Å². The Morgan fingerprint density at radius 2 is 1.75 bits per heavy atom. The molecular weight excluding hydrogens is 292 g/mol. The lowest BCUT2D eigenvalue weighted by Crippen LogP contribution is -1.93. The predicted octanol–water partition coefficient (Wildman–Crippen LogP) is 4.24. The minimum atomic E-state index is -0.0708. The quantitative estimate of drug-likeness (QED) is 0.367. The molecule has 102 valence electrons. The highest BCUT2D eigenvalue weighted by Gasteiger charge is 2.02. The molecule has 0 unspecified atom stereocenters. The van der Waals surface area contributed by atoms with Gasteiger partial charge in [0, 0.05) is 22.0 Å². The summed E-state index contributed by atoms with van der Waals surface area (Å²) in [6.45, 7) is 3.84. The van der Waals surface area contributed by atoms with Gasteiger partial charge in [0.2, 0.25) is 0 Å². The number of aryl methyl sites for hydroxylation is 2. The first kappa shape index (κ1) is 14.8. The molecule has 3 nitrogen and oxygen atoms in total. The van der Waals surface area contributed by atoms with Crippen molar-refractivity contribution in [3.8, 4) is 0 Å². The molecule has 0 atom stereocenters. The maximum Gasteiger partial charge on any atom is 0.192 e. The molecular formula is C15H13ClN2OS. The van der Waals surface area contributed by atoms with E-state index in [0.29, 0.717) is 15.7 Å². The molecule has 1 aromatic heterocycles. The molecule has 1 aromatic carbocycles. The second-order valence-electron chi connectivity index (χ2n) is 4.23. The maximum absolute atomic E-state index is 11.9. The van der Waals surface area contributed by atoms with Crippen LogP contribution in [0.25, 0.3) is 0 Å². The average Bonchev–Trinajstić information content (AvgIpc) is 2.38. The predicted molar refractivity (Wildman–Crippen MR) is 82.3 cm³/mol. The highest BCUT2D eigenvalue weighted by molar-refractivity contribution is 8.02. The molecule has 0 aliphatic rings. The molecule has 0 saturated heterocycles. The van der Waals surface area contributed by atoms with E-state index in [9.17, 15) is 4.79 Å². The van der Waals surface area contributed by atoms with Gasteiger partial charge in [-0.3, -0.25) is 4.79 Å². The van der Waals surface area contributed by atoms with E-state index in [2.05, 4.69) is 9.97 Å². The van der Waals surface area contributed by atoms with Crippen LogP contribution in [0.1, 0.15) is 21.7 Å². The van der Waals surface area contributed by atoms with Crippen LogP contribution in [0.4, 0.5) is 0 Å². The highest BCUT2D eigenvalue weighted by atomic mass is 35.5. The normalized spacial score (nSPS) is 10.9. The summed E-state index contributed by atoms with van der Waals surface area (Å²) in [5, 5.41) is 2.96. The van der Waals surface area contributed by atoms with E-state index in [0.717, 1.165) is 11.4 Å². The average molecular weight is 305 g/mol. The third-order valence-electron chi connectivity index (χ3n) is 2.48. The summed E-state index contributed by atoms with van der Waals surface area (Å²) in [5.74, 6) is -0.0708. The van der Waals surface area contributed by atoms with E-state index in [1.807, 2.05) is 19.9 Å². The van der Waals surface area contributed by atoms with Gasteiger partial charge in [-0.2, -0.15) is 0 Å². The van der Waals surface area contributed by atoms with Crippen LogP contribution >= 0.6 is 23.4 Å². The van der Waals surface area contributed by atoms with Crippen molar-refractivity contribution >= 4 is 29.1 Å². The molecule has 0 N–H and O–H groups in total. The summed E-state index contributed by atoms with van der Waals surface area (Å²) < 4.78 is 0. The first-order valence-corrected chi connectivity index (χ1v) is 7.26. The van der Waals surface area contributed by atoms with E-state index < -0.39 is 0 Å². The van der Waals surface area contributed by atoms with Crippen LogP contribution < -0.4 is 0 Å². The van der Waals surface area contributed by atoms with Crippen molar-refractivity contribution in [2.45, 2.75) is 19.0 Å². The molecule has 0 aliphatic heterocycles. The first-order chi connectivity index (χ1) is 9.54. The van der Waals surface area contributed by atoms with Gasteiger partial charge in [-0.25, -0.2) is 9.97 Å². The van der Waals surface area contributed by atoms with Gasteiger partial charge in [0.1, 0.15) is 0 Å². The largest absolute Gasteiger partial charge is 0.289 e. The lowest BCUT2D eigenvalue weighted by atomic mass is 10.1. The van der Waals surface area contributed by atoms with Gasteiger partial charge in [0.05, 0.1) is 0 Å². The van der Waals surface area contributed by atoms with E-state index in [-0.39, 0.29) is 5.78 Å². The number of ketones is 1. The number of thioether (sulfide) groups is 1. The van der Waals surface area contributed by atoms with E-state index in [1.54, 1.807) is 29.7 Å². The van der Waals surface area contributed by atoms with Crippen LogP contribution in [0.15, 0.2) is 47.0 Å². The molecule has 0 spiro atoms. The molecule has 0 saturated carbocycles. The number of hydrogen-bond acceptors (Lipinski definition) is 4. The third-order valence-corrected chi connectivity index (χ3v) is 3.40. The lowest BCUT2D eigenvalue weighted by Gasteiger charge is -1.99. The minimum Gasteiger partial charge on any atom is -0.289 e. The van der Waals surface area contributed by atoms with Crippen molar-refractivity contribution in [2.75, 3.05) is 0 Å². The number of allylic oxidation sites excluding steroid dienone is 1. The van der Waals surface area contributed by atoms with Gasteiger partial charge in [0.25, 0.3) is 0 Å². The second kappa shape index (κ2) is 6.68. The summed E-state index contributed by atoms with van der Waals surface area (Å²) in [7, 11) is 0. The summed E-state index contributed by atoms with van der Waals surface area (Å²) in [6.07, 6.45) is 1.51. The zero-order valence-corrected chi connectivity index (χ0v) is 12.7. The number of benzene rings is 1. The van der Waals surface area contributed by atoms with Crippen molar-refractivity contribution in [2.24, 2.45) is 0 Å². The molecule has 0 bridgehead atoms. The number of carbonyl (C=O) groups is 1. The van der Waals surface area contributed by atoms with Crippen molar-refractivity contribution in [1.82, 2.24) is 9.97 Å². The van der Waals surface area contributed by atoms with Crippen LogP contribution in [0.3, 0.4) is 0 Å². The van der Waals surface area contributed by atoms with E-state index in [4.69, 9.17) is 11.6 Å². The van der Waals surface area contributed by atoms with Crippen LogP contribution in [0.5, 0.6) is 0 Å². The molecule has 0 fully saturated rings. The Bertz CT molecular complexity index is 633. The highest BCUT2D eigenvalue weighted by Crippen LogP contribution is 2.16. The molecule has 1 heterocycles. The number of nitrogens with zero attached hydrogens (tertiary/aromatic N) is 2. The Kier molecular flexibility index (Phi) is 4.93. The Morgan fingerprint density at radius 3 is 2.35 bits per heavy atom. The fourth-order valence-electron chi connectivity index (χ4n) is 1.61. The minimum absolute atomic E-state index is 0.0708. The van der Waals surface area contributed by atoms with Crippen LogP contribution in [0, 0.1) is 13.8 Å². The third kappa shape index (κ3) is 4.18. The number of hydrogen-bond donors (Lipinski definition) is 0. The molecule has 0 radical (unpaired) electrons. The molecule has 20 heavy (non-hydrogen) atoms. The van der Waals surface area contributed by atoms with Crippen molar-refractivity contribution in [3.05, 3.63) is 63.8 Å². The summed E-state index contributed by atoms with van der Waals surface area (Å²) in [5.41, 5.74) is 2.43. The van der Waals surface area contributed by atoms with Gasteiger partial charge >= 0.3 is 0 Å². The molecule has 2 aromatic rings. The van der Waals surface area contributed by atoms with Crippen LogP contribution in [-0.2, 0) is 0 Å². The zero-order chi connectivity index (χ0) is 14.5. The molecule has 5 heteroatoms. The summed E-state index contributed by atoms with van der Waals surface area (Å²) in [4.78, 5) is 20.5.